The number of carboxylic acid groups (broad SMARTS) is 1. The highest BCUT2D eigenvalue weighted by Crippen LogP contribution is 2.19. The Kier molecular flexibility index (Phi) is 2.78. The van der Waals surface area contributed by atoms with E-state index >= 15 is 0 Å². The van der Waals surface area contributed by atoms with E-state index in [9.17, 15) is 4.79 Å². The molecule has 0 fully saturated rings. The van der Waals surface area contributed by atoms with Gasteiger partial charge in [0.05, 0.1) is 0 Å². The maximum Gasteiger partial charge on any atom is 0.355 e. The van der Waals surface area contributed by atoms with Crippen LogP contribution in [-0.2, 0) is 4.79 Å². The Hall–Kier alpha value is -2.32. The molecule has 0 aliphatic carbocycles. The topological polar surface area (TPSA) is 157 Å². The van der Waals surface area contributed by atoms with Gasteiger partial charge < -0.3 is 11.3 Å². The van der Waals surface area contributed by atoms with Crippen molar-refractivity contribution in [2.24, 2.45) is 15.4 Å². The molecule has 13 heavy (non-hydrogen) atoms. The number of nitriles is 2. The Bertz CT molecular complexity index is 371. The predicted octanol–water partition coefficient (Wildman–Crippen LogP) is -0.159. The van der Waals surface area contributed by atoms with Crippen molar-refractivity contribution in [2.75, 3.05) is 0 Å². The molecule has 0 bridgehead atoms. The molecule has 0 radical (unpaired) electrons. The smallest absolute Gasteiger partial charge is 0.355 e. The van der Waals surface area contributed by atoms with E-state index < -0.39 is 17.2 Å². The molecule has 0 spiro atoms. The van der Waals surface area contributed by atoms with Crippen LogP contribution in [-0.4, -0.2) is 22.3 Å². The van der Waals surface area contributed by atoms with Crippen LogP contribution < -0.4 is 6.15 Å². The Morgan fingerprint density at radius 1 is 1.54 bits per heavy atom. The number of nitrogens with zero attached hydrogens (tertiary/aromatic N) is 5. The van der Waals surface area contributed by atoms with Crippen LogP contribution in [0.5, 0.6) is 0 Å². The van der Waals surface area contributed by atoms with Crippen molar-refractivity contribution in [3.8, 4) is 12.1 Å². The standard InChI is InChI=1S/C5HN5O2.H3N/c6-1-3-5(2-7,4(11)12)9-10-8-3;/h(H,11,12);1H3. The molecule has 1 rings (SSSR count). The van der Waals surface area contributed by atoms with E-state index in [1.165, 1.54) is 12.1 Å². The molecule has 8 nitrogen and oxygen atoms in total. The fraction of sp³-hybridized carbons (Fsp3) is 0.200. The maximum atomic E-state index is 10.5. The van der Waals surface area contributed by atoms with Crippen molar-refractivity contribution in [2.45, 2.75) is 5.54 Å². The first-order chi connectivity index (χ1) is 5.67. The second-order valence-electron chi connectivity index (χ2n) is 1.88. The normalized spacial score (nSPS) is 23.7. The summed E-state index contributed by atoms with van der Waals surface area (Å²) in [5, 5.41) is 34.5. The number of hydrogen-bond donors (Lipinski definition) is 2. The second-order valence-corrected chi connectivity index (χ2v) is 1.88. The molecule has 8 heteroatoms. The van der Waals surface area contributed by atoms with Crippen LogP contribution in [0.2, 0.25) is 0 Å². The Morgan fingerprint density at radius 2 is 2.15 bits per heavy atom. The van der Waals surface area contributed by atoms with Gasteiger partial charge in [0.1, 0.15) is 12.1 Å². The highest BCUT2D eigenvalue weighted by molar-refractivity contribution is 6.21. The number of aliphatic carboxylic acids is 1. The van der Waals surface area contributed by atoms with Gasteiger partial charge in [-0.2, -0.15) is 10.5 Å². The highest BCUT2D eigenvalue weighted by atomic mass is 16.4. The van der Waals surface area contributed by atoms with Gasteiger partial charge in [0.2, 0.25) is 0 Å². The predicted molar refractivity (Wildman–Crippen MR) is 38.9 cm³/mol. The molecule has 0 aromatic carbocycles. The average Bonchev–Trinajstić information content (AvgIpc) is 2.47. The van der Waals surface area contributed by atoms with Gasteiger partial charge in [-0.3, -0.25) is 0 Å². The summed E-state index contributed by atoms with van der Waals surface area (Å²) in [5.41, 5.74) is -2.74. The van der Waals surface area contributed by atoms with Gasteiger partial charge in [-0.15, -0.1) is 10.2 Å². The van der Waals surface area contributed by atoms with Crippen LogP contribution in [0.3, 0.4) is 0 Å². The first kappa shape index (κ1) is 10.7. The summed E-state index contributed by atoms with van der Waals surface area (Å²) in [6, 6.07) is 2.81. The average molecular weight is 180 g/mol. The van der Waals surface area contributed by atoms with Gasteiger partial charge in [-0.1, -0.05) is 0 Å². The van der Waals surface area contributed by atoms with Gasteiger partial charge in [0.25, 0.3) is 0 Å². The SMILES string of the molecule is N.N#CC1=NN=NC1(C#N)C(=O)O. The van der Waals surface area contributed by atoms with Crippen molar-refractivity contribution in [3.05, 3.63) is 0 Å². The van der Waals surface area contributed by atoms with E-state index in [0.29, 0.717) is 0 Å². The van der Waals surface area contributed by atoms with Crippen LogP contribution in [0, 0.1) is 22.7 Å². The van der Waals surface area contributed by atoms with Crippen LogP contribution in [0.25, 0.3) is 0 Å². The minimum Gasteiger partial charge on any atom is -0.478 e. The zero-order chi connectivity index (χ0) is 9.19. The van der Waals surface area contributed by atoms with E-state index in [1.807, 2.05) is 0 Å². The van der Waals surface area contributed by atoms with E-state index in [2.05, 4.69) is 15.4 Å². The summed E-state index contributed by atoms with van der Waals surface area (Å²) < 4.78 is 0. The van der Waals surface area contributed by atoms with Crippen molar-refractivity contribution >= 4 is 11.7 Å². The van der Waals surface area contributed by atoms with E-state index in [0.717, 1.165) is 0 Å². The number of carboxylic acids is 1. The molecule has 0 aromatic rings. The van der Waals surface area contributed by atoms with Crippen LogP contribution >= 0.6 is 0 Å². The summed E-state index contributed by atoms with van der Waals surface area (Å²) in [5.74, 6) is -1.55. The lowest BCUT2D eigenvalue weighted by Gasteiger charge is -2.05. The molecule has 1 aliphatic rings. The fourth-order valence-corrected chi connectivity index (χ4v) is 0.624. The lowest BCUT2D eigenvalue weighted by Crippen LogP contribution is -2.40. The molecule has 0 saturated heterocycles. The van der Waals surface area contributed by atoms with Gasteiger partial charge in [0, 0.05) is 0 Å². The third kappa shape index (κ3) is 1.21. The lowest BCUT2D eigenvalue weighted by molar-refractivity contribution is -0.138. The fourth-order valence-electron chi connectivity index (χ4n) is 0.624. The molecule has 0 amide bonds. The van der Waals surface area contributed by atoms with Gasteiger partial charge in [-0.25, -0.2) is 4.79 Å². The molecule has 1 aliphatic heterocycles. The summed E-state index contributed by atoms with van der Waals surface area (Å²) in [4.78, 5) is 10.5. The summed E-state index contributed by atoms with van der Waals surface area (Å²) >= 11 is 0. The zero-order valence-electron chi connectivity index (χ0n) is 6.30. The lowest BCUT2D eigenvalue weighted by atomic mass is 9.98. The third-order valence-corrected chi connectivity index (χ3v) is 1.26. The van der Waals surface area contributed by atoms with E-state index in [4.69, 9.17) is 15.6 Å². The first-order valence-electron chi connectivity index (χ1n) is 2.72. The largest absolute Gasteiger partial charge is 0.478 e. The number of rotatable bonds is 1. The molecule has 66 valence electrons. The van der Waals surface area contributed by atoms with Gasteiger partial charge in [-0.05, 0) is 5.22 Å². The Balaban J connectivity index is 0.00000144. The van der Waals surface area contributed by atoms with Crippen LogP contribution in [0.15, 0.2) is 15.4 Å². The van der Waals surface area contributed by atoms with E-state index in [1.54, 1.807) is 0 Å². The highest BCUT2D eigenvalue weighted by Gasteiger charge is 2.48. The monoisotopic (exact) mass is 180 g/mol. The van der Waals surface area contributed by atoms with Crippen LogP contribution in [0.1, 0.15) is 0 Å². The summed E-state index contributed by atoms with van der Waals surface area (Å²) in [7, 11) is 0. The number of hydrogen-bond acceptors (Lipinski definition) is 7. The molecule has 1 atom stereocenters. The number of carbonyl (C=O) groups is 1. The quantitative estimate of drug-likeness (QED) is 0.572. The third-order valence-electron chi connectivity index (χ3n) is 1.26. The Morgan fingerprint density at radius 3 is 2.46 bits per heavy atom. The first-order valence-corrected chi connectivity index (χ1v) is 2.72. The molecule has 1 heterocycles. The molecule has 1 unspecified atom stereocenters. The molecular weight excluding hydrogens is 176 g/mol. The van der Waals surface area contributed by atoms with Crippen molar-refractivity contribution in [1.82, 2.24) is 6.15 Å². The zero-order valence-corrected chi connectivity index (χ0v) is 6.30. The van der Waals surface area contributed by atoms with Gasteiger partial charge >= 0.3 is 11.5 Å². The van der Waals surface area contributed by atoms with E-state index in [-0.39, 0.29) is 6.15 Å². The van der Waals surface area contributed by atoms with Crippen LogP contribution in [0.4, 0.5) is 0 Å². The maximum absolute atomic E-state index is 10.5. The molecule has 4 N–H and O–H groups in total. The van der Waals surface area contributed by atoms with Gasteiger partial charge in [0.15, 0.2) is 5.71 Å². The Labute approximate surface area is 72.4 Å². The molecule has 0 saturated carbocycles. The minimum atomic E-state index is -2.23. The second kappa shape index (κ2) is 3.38. The van der Waals surface area contributed by atoms with Crippen molar-refractivity contribution in [1.29, 1.82) is 10.5 Å². The van der Waals surface area contributed by atoms with Crippen molar-refractivity contribution in [3.63, 3.8) is 0 Å². The molecular formula is C5H4N6O2. The summed E-state index contributed by atoms with van der Waals surface area (Å²) in [6.45, 7) is 0. The summed E-state index contributed by atoms with van der Waals surface area (Å²) in [6.07, 6.45) is 0. The van der Waals surface area contributed by atoms with Crippen molar-refractivity contribution < 1.29 is 9.90 Å². The molecule has 0 aromatic heterocycles. The minimum absolute atomic E-state index is 0.